The number of carbonyl (C=O) groups excluding carboxylic acids is 2. The van der Waals surface area contributed by atoms with Crippen molar-refractivity contribution in [1.82, 2.24) is 14.9 Å². The van der Waals surface area contributed by atoms with Gasteiger partial charge in [-0.1, -0.05) is 24.1 Å². The zero-order valence-corrected chi connectivity index (χ0v) is 17.0. The molecule has 1 atom stereocenters. The van der Waals surface area contributed by atoms with Crippen LogP contribution in [0.25, 0.3) is 0 Å². The van der Waals surface area contributed by atoms with Crippen LogP contribution in [0.5, 0.6) is 0 Å². The Bertz CT molecular complexity index is 760. The van der Waals surface area contributed by atoms with Crippen LogP contribution >= 0.6 is 0 Å². The number of hydrogen-bond donors (Lipinski definition) is 2. The average Bonchev–Trinajstić information content (AvgIpc) is 2.61. The Balaban J connectivity index is 1.99. The second-order valence-corrected chi connectivity index (χ2v) is 9.14. The number of piperidine rings is 1. The summed E-state index contributed by atoms with van der Waals surface area (Å²) >= 11 is 0. The van der Waals surface area contributed by atoms with E-state index in [2.05, 4.69) is 10.6 Å². The van der Waals surface area contributed by atoms with Crippen molar-refractivity contribution in [1.29, 1.82) is 0 Å². The minimum atomic E-state index is -3.57. The molecule has 0 aromatic heterocycles. The fraction of sp³-hybridized carbons (Fsp3) is 0.579. The Morgan fingerprint density at radius 3 is 2.44 bits per heavy atom. The second kappa shape index (κ2) is 9.32. The van der Waals surface area contributed by atoms with Gasteiger partial charge in [0, 0.05) is 25.2 Å². The molecule has 0 bridgehead atoms. The van der Waals surface area contributed by atoms with Crippen LogP contribution in [0.15, 0.2) is 29.2 Å². The molecule has 0 saturated carbocycles. The molecule has 1 aliphatic rings. The minimum Gasteiger partial charge on any atom is -0.348 e. The topological polar surface area (TPSA) is 95.6 Å². The smallest absolute Gasteiger partial charge is 0.309 e. The fourth-order valence-electron chi connectivity index (χ4n) is 3.18. The second-order valence-electron chi connectivity index (χ2n) is 7.25. The molecule has 2 amide bonds. The van der Waals surface area contributed by atoms with Gasteiger partial charge in [-0.15, -0.1) is 0 Å². The maximum absolute atomic E-state index is 13.0. The van der Waals surface area contributed by atoms with E-state index >= 15 is 0 Å². The molecule has 1 aromatic rings. The number of benzene rings is 1. The quantitative estimate of drug-likeness (QED) is 0.715. The molecule has 0 spiro atoms. The van der Waals surface area contributed by atoms with Crippen molar-refractivity contribution < 1.29 is 18.0 Å². The Morgan fingerprint density at radius 2 is 1.81 bits per heavy atom. The Morgan fingerprint density at radius 1 is 1.15 bits per heavy atom. The molecule has 27 heavy (non-hydrogen) atoms. The average molecular weight is 396 g/mol. The lowest BCUT2D eigenvalue weighted by molar-refractivity contribution is -0.139. The van der Waals surface area contributed by atoms with Crippen molar-refractivity contribution in [2.45, 2.75) is 63.4 Å². The first-order valence-corrected chi connectivity index (χ1v) is 10.8. The lowest BCUT2D eigenvalue weighted by atomic mass is 10.0. The lowest BCUT2D eigenvalue weighted by Crippen LogP contribution is -2.47. The Labute approximate surface area is 161 Å². The molecule has 8 heteroatoms. The molecule has 0 aliphatic carbocycles. The van der Waals surface area contributed by atoms with Crippen LogP contribution in [0.1, 0.15) is 45.1 Å². The van der Waals surface area contributed by atoms with Crippen molar-refractivity contribution in [2.75, 3.05) is 13.1 Å². The van der Waals surface area contributed by atoms with Crippen molar-refractivity contribution in [3.63, 3.8) is 0 Å². The molecule has 7 nitrogen and oxygen atoms in total. The summed E-state index contributed by atoms with van der Waals surface area (Å²) < 4.78 is 27.6. The number of aryl methyl sites for hydroxylation is 1. The molecule has 150 valence electrons. The molecule has 1 unspecified atom stereocenters. The summed E-state index contributed by atoms with van der Waals surface area (Å²) in [6, 6.07) is 6.55. The number of nitrogens with zero attached hydrogens (tertiary/aromatic N) is 1. The van der Waals surface area contributed by atoms with Gasteiger partial charge in [-0.3, -0.25) is 9.59 Å². The van der Waals surface area contributed by atoms with Gasteiger partial charge in [0.05, 0.1) is 4.90 Å². The SMILES string of the molecule is Cc1ccc(S(=O)(=O)N2CCCCC2CCNC(=O)C(=O)NC(C)C)cc1. The van der Waals surface area contributed by atoms with Crippen LogP contribution in [0.2, 0.25) is 0 Å². The van der Waals surface area contributed by atoms with Crippen LogP contribution < -0.4 is 10.6 Å². The van der Waals surface area contributed by atoms with E-state index in [0.29, 0.717) is 17.9 Å². The first-order chi connectivity index (χ1) is 12.7. The zero-order valence-electron chi connectivity index (χ0n) is 16.2. The largest absolute Gasteiger partial charge is 0.348 e. The standard InChI is InChI=1S/C19H29N3O4S/c1-14(2)21-19(24)18(23)20-12-11-16-6-4-5-13-22(16)27(25,26)17-9-7-15(3)8-10-17/h7-10,14,16H,4-6,11-13H2,1-3H3,(H,20,23)(H,21,24). The maximum atomic E-state index is 13.0. The Hall–Kier alpha value is -1.93. The highest BCUT2D eigenvalue weighted by atomic mass is 32.2. The van der Waals surface area contributed by atoms with E-state index in [1.165, 1.54) is 0 Å². The van der Waals surface area contributed by atoms with Gasteiger partial charge >= 0.3 is 11.8 Å². The molecular formula is C19H29N3O4S. The van der Waals surface area contributed by atoms with E-state index in [9.17, 15) is 18.0 Å². The Kier molecular flexibility index (Phi) is 7.38. The highest BCUT2D eigenvalue weighted by Crippen LogP contribution is 2.27. The summed E-state index contributed by atoms with van der Waals surface area (Å²) in [5.74, 6) is -1.36. The van der Waals surface area contributed by atoms with Crippen molar-refractivity contribution in [3.05, 3.63) is 29.8 Å². The molecule has 1 saturated heterocycles. The summed E-state index contributed by atoms with van der Waals surface area (Å²) in [5.41, 5.74) is 1.01. The monoisotopic (exact) mass is 395 g/mol. The first kappa shape index (κ1) is 21.4. The van der Waals surface area contributed by atoms with Gasteiger partial charge in [0.15, 0.2) is 0 Å². The van der Waals surface area contributed by atoms with Crippen LogP contribution in [0.3, 0.4) is 0 Å². The van der Waals surface area contributed by atoms with Crippen molar-refractivity contribution in [3.8, 4) is 0 Å². The van der Waals surface area contributed by atoms with Crippen LogP contribution in [-0.4, -0.2) is 49.7 Å². The highest BCUT2D eigenvalue weighted by Gasteiger charge is 2.33. The molecule has 1 fully saturated rings. The van der Waals surface area contributed by atoms with Crippen molar-refractivity contribution >= 4 is 21.8 Å². The summed E-state index contributed by atoms with van der Waals surface area (Å²) in [4.78, 5) is 23.7. The van der Waals surface area contributed by atoms with Gasteiger partial charge in [-0.2, -0.15) is 4.31 Å². The van der Waals surface area contributed by atoms with Gasteiger partial charge in [-0.05, 0) is 52.2 Å². The number of nitrogens with one attached hydrogen (secondary N) is 2. The van der Waals surface area contributed by atoms with E-state index in [1.807, 2.05) is 6.92 Å². The van der Waals surface area contributed by atoms with E-state index in [4.69, 9.17) is 0 Å². The maximum Gasteiger partial charge on any atom is 0.309 e. The highest BCUT2D eigenvalue weighted by molar-refractivity contribution is 7.89. The fourth-order valence-corrected chi connectivity index (χ4v) is 4.91. The van der Waals surface area contributed by atoms with Gasteiger partial charge in [0.2, 0.25) is 10.0 Å². The van der Waals surface area contributed by atoms with E-state index < -0.39 is 21.8 Å². The summed E-state index contributed by atoms with van der Waals surface area (Å²) in [5, 5.41) is 5.11. The molecular weight excluding hydrogens is 366 g/mol. The van der Waals surface area contributed by atoms with Gasteiger partial charge < -0.3 is 10.6 Å². The van der Waals surface area contributed by atoms with Gasteiger partial charge in [0.1, 0.15) is 0 Å². The van der Waals surface area contributed by atoms with Crippen LogP contribution in [-0.2, 0) is 19.6 Å². The predicted octanol–water partition coefficient (Wildman–Crippen LogP) is 1.57. The summed E-state index contributed by atoms with van der Waals surface area (Å²) in [7, 11) is -3.57. The lowest BCUT2D eigenvalue weighted by Gasteiger charge is -2.34. The molecule has 1 heterocycles. The third-order valence-corrected chi connectivity index (χ3v) is 6.56. The van der Waals surface area contributed by atoms with E-state index in [-0.39, 0.29) is 18.6 Å². The summed E-state index contributed by atoms with van der Waals surface area (Å²) in [6.07, 6.45) is 3.00. The number of carbonyl (C=O) groups is 2. The predicted molar refractivity (Wildman–Crippen MR) is 104 cm³/mol. The number of rotatable bonds is 6. The van der Waals surface area contributed by atoms with Crippen LogP contribution in [0, 0.1) is 6.92 Å². The van der Waals surface area contributed by atoms with Gasteiger partial charge in [0.25, 0.3) is 0 Å². The zero-order chi connectivity index (χ0) is 20.0. The number of hydrogen-bond acceptors (Lipinski definition) is 4. The number of amides is 2. The van der Waals surface area contributed by atoms with E-state index in [1.54, 1.807) is 42.4 Å². The first-order valence-electron chi connectivity index (χ1n) is 9.39. The third-order valence-electron chi connectivity index (χ3n) is 4.59. The van der Waals surface area contributed by atoms with Crippen molar-refractivity contribution in [2.24, 2.45) is 0 Å². The van der Waals surface area contributed by atoms with Gasteiger partial charge in [-0.25, -0.2) is 8.42 Å². The number of sulfonamides is 1. The minimum absolute atomic E-state index is 0.114. The summed E-state index contributed by atoms with van der Waals surface area (Å²) in [6.45, 7) is 6.21. The molecule has 0 radical (unpaired) electrons. The molecule has 1 aliphatic heterocycles. The van der Waals surface area contributed by atoms with Crippen LogP contribution in [0.4, 0.5) is 0 Å². The third kappa shape index (κ3) is 5.77. The molecule has 2 N–H and O–H groups in total. The van der Waals surface area contributed by atoms with E-state index in [0.717, 1.165) is 24.8 Å². The molecule has 1 aromatic carbocycles. The molecule has 2 rings (SSSR count). The normalized spacial score (nSPS) is 18.3.